The zero-order valence-electron chi connectivity index (χ0n) is 10.0. The van der Waals surface area contributed by atoms with Gasteiger partial charge in [-0.05, 0) is 24.9 Å². The lowest BCUT2D eigenvalue weighted by atomic mass is 9.81. The van der Waals surface area contributed by atoms with Gasteiger partial charge in [0.1, 0.15) is 0 Å². The highest BCUT2D eigenvalue weighted by Crippen LogP contribution is 2.31. The second-order valence-electron chi connectivity index (χ2n) is 4.75. The minimum atomic E-state index is 0.317. The second kappa shape index (κ2) is 5.46. The van der Waals surface area contributed by atoms with Crippen LogP contribution in [0, 0.1) is 5.41 Å². The van der Waals surface area contributed by atoms with Crippen molar-refractivity contribution in [3.05, 3.63) is 35.9 Å². The summed E-state index contributed by atoms with van der Waals surface area (Å²) >= 11 is 0. The van der Waals surface area contributed by atoms with Crippen LogP contribution in [-0.4, -0.2) is 26.3 Å². The minimum absolute atomic E-state index is 0.317. The van der Waals surface area contributed by atoms with Crippen molar-refractivity contribution in [2.75, 3.05) is 26.3 Å². The molecule has 0 saturated carbocycles. The second-order valence-corrected chi connectivity index (χ2v) is 4.75. The van der Waals surface area contributed by atoms with Gasteiger partial charge in [0, 0.05) is 18.6 Å². The number of ether oxygens (including phenoxy) is 1. The fourth-order valence-corrected chi connectivity index (χ4v) is 2.41. The van der Waals surface area contributed by atoms with Gasteiger partial charge >= 0.3 is 0 Å². The zero-order chi connectivity index (χ0) is 11.3. The molecule has 1 aromatic rings. The molecule has 1 fully saturated rings. The van der Waals surface area contributed by atoms with E-state index < -0.39 is 0 Å². The zero-order valence-corrected chi connectivity index (χ0v) is 10.0. The van der Waals surface area contributed by atoms with E-state index in [0.29, 0.717) is 5.41 Å². The van der Waals surface area contributed by atoms with Crippen LogP contribution in [0.5, 0.6) is 0 Å². The van der Waals surface area contributed by atoms with Crippen LogP contribution < -0.4 is 5.32 Å². The van der Waals surface area contributed by atoms with Crippen molar-refractivity contribution in [1.29, 1.82) is 0 Å². The summed E-state index contributed by atoms with van der Waals surface area (Å²) in [6.07, 6.45) is 2.30. The molecule has 0 spiro atoms. The van der Waals surface area contributed by atoms with Crippen LogP contribution in [-0.2, 0) is 11.2 Å². The standard InChI is InChI=1S/C14H21NO/c1-2-15-11-14(8-9-16-12-14)10-13-6-4-3-5-7-13/h3-7,15H,2,8-12H2,1H3. The number of benzene rings is 1. The Labute approximate surface area is 98.0 Å². The molecule has 2 rings (SSSR count). The van der Waals surface area contributed by atoms with Crippen LogP contribution >= 0.6 is 0 Å². The number of nitrogens with one attached hydrogen (secondary N) is 1. The summed E-state index contributed by atoms with van der Waals surface area (Å²) in [5.74, 6) is 0. The molecule has 0 radical (unpaired) electrons. The van der Waals surface area contributed by atoms with Gasteiger partial charge < -0.3 is 10.1 Å². The monoisotopic (exact) mass is 219 g/mol. The van der Waals surface area contributed by atoms with E-state index in [9.17, 15) is 0 Å². The van der Waals surface area contributed by atoms with Gasteiger partial charge in [0.05, 0.1) is 6.61 Å². The molecule has 1 saturated heterocycles. The Balaban J connectivity index is 2.02. The van der Waals surface area contributed by atoms with Crippen LogP contribution in [0.25, 0.3) is 0 Å². The van der Waals surface area contributed by atoms with Crippen molar-refractivity contribution >= 4 is 0 Å². The lowest BCUT2D eigenvalue weighted by molar-refractivity contribution is 0.149. The fourth-order valence-electron chi connectivity index (χ4n) is 2.41. The SMILES string of the molecule is CCNCC1(Cc2ccccc2)CCOC1. The van der Waals surface area contributed by atoms with E-state index in [1.807, 2.05) is 0 Å². The van der Waals surface area contributed by atoms with Crippen LogP contribution in [0.4, 0.5) is 0 Å². The molecule has 0 amide bonds. The van der Waals surface area contributed by atoms with E-state index in [4.69, 9.17) is 4.74 Å². The third kappa shape index (κ3) is 2.83. The molecule has 1 N–H and O–H groups in total. The first-order valence-corrected chi connectivity index (χ1v) is 6.17. The van der Waals surface area contributed by atoms with E-state index >= 15 is 0 Å². The Hall–Kier alpha value is -0.860. The minimum Gasteiger partial charge on any atom is -0.381 e. The molecule has 1 aliphatic heterocycles. The summed E-state index contributed by atoms with van der Waals surface area (Å²) < 4.78 is 5.59. The highest BCUT2D eigenvalue weighted by atomic mass is 16.5. The molecule has 1 heterocycles. The van der Waals surface area contributed by atoms with Crippen molar-refractivity contribution in [2.45, 2.75) is 19.8 Å². The van der Waals surface area contributed by atoms with Crippen molar-refractivity contribution in [3.8, 4) is 0 Å². The average molecular weight is 219 g/mol. The quantitative estimate of drug-likeness (QED) is 0.820. The molecule has 2 nitrogen and oxygen atoms in total. The van der Waals surface area contributed by atoms with E-state index in [-0.39, 0.29) is 0 Å². The van der Waals surface area contributed by atoms with E-state index in [2.05, 4.69) is 42.6 Å². The topological polar surface area (TPSA) is 21.3 Å². The average Bonchev–Trinajstić information content (AvgIpc) is 2.77. The molecule has 0 aliphatic carbocycles. The number of hydrogen-bond acceptors (Lipinski definition) is 2. The highest BCUT2D eigenvalue weighted by Gasteiger charge is 2.34. The predicted molar refractivity (Wildman–Crippen MR) is 66.6 cm³/mol. The first-order chi connectivity index (χ1) is 7.85. The highest BCUT2D eigenvalue weighted by molar-refractivity contribution is 5.17. The van der Waals surface area contributed by atoms with Crippen molar-refractivity contribution in [1.82, 2.24) is 5.32 Å². The summed E-state index contributed by atoms with van der Waals surface area (Å²) in [5, 5.41) is 3.47. The Morgan fingerprint density at radius 1 is 1.31 bits per heavy atom. The van der Waals surface area contributed by atoms with Crippen LogP contribution in [0.15, 0.2) is 30.3 Å². The molecule has 2 heteroatoms. The molecule has 1 atom stereocenters. The van der Waals surface area contributed by atoms with Crippen LogP contribution in [0.1, 0.15) is 18.9 Å². The Morgan fingerprint density at radius 2 is 2.12 bits per heavy atom. The first kappa shape index (κ1) is 11.6. The maximum absolute atomic E-state index is 5.59. The van der Waals surface area contributed by atoms with Gasteiger partial charge in [-0.1, -0.05) is 37.3 Å². The lowest BCUT2D eigenvalue weighted by Gasteiger charge is -2.27. The van der Waals surface area contributed by atoms with E-state index in [1.54, 1.807) is 0 Å². The van der Waals surface area contributed by atoms with E-state index in [1.165, 1.54) is 12.0 Å². The first-order valence-electron chi connectivity index (χ1n) is 6.17. The van der Waals surface area contributed by atoms with Crippen LogP contribution in [0.3, 0.4) is 0 Å². The Kier molecular flexibility index (Phi) is 3.97. The molecule has 1 aliphatic rings. The number of hydrogen-bond donors (Lipinski definition) is 1. The van der Waals surface area contributed by atoms with Gasteiger partial charge in [0.2, 0.25) is 0 Å². The maximum Gasteiger partial charge on any atom is 0.0538 e. The van der Waals surface area contributed by atoms with Gasteiger partial charge in [-0.3, -0.25) is 0 Å². The Morgan fingerprint density at radius 3 is 2.75 bits per heavy atom. The third-order valence-corrected chi connectivity index (χ3v) is 3.36. The largest absolute Gasteiger partial charge is 0.381 e. The molecule has 1 unspecified atom stereocenters. The van der Waals surface area contributed by atoms with Crippen molar-refractivity contribution in [3.63, 3.8) is 0 Å². The fraction of sp³-hybridized carbons (Fsp3) is 0.571. The summed E-state index contributed by atoms with van der Waals surface area (Å²) in [5.41, 5.74) is 1.74. The molecule has 0 bridgehead atoms. The Bertz CT molecular complexity index is 304. The molecule has 88 valence electrons. The summed E-state index contributed by atoms with van der Waals surface area (Å²) in [6.45, 7) is 6.08. The maximum atomic E-state index is 5.59. The smallest absolute Gasteiger partial charge is 0.0538 e. The molecule has 1 aromatic carbocycles. The number of rotatable bonds is 5. The molecule has 16 heavy (non-hydrogen) atoms. The molecule has 0 aromatic heterocycles. The van der Waals surface area contributed by atoms with Gasteiger partial charge in [0.25, 0.3) is 0 Å². The van der Waals surface area contributed by atoms with Gasteiger partial charge in [-0.25, -0.2) is 0 Å². The summed E-state index contributed by atoms with van der Waals surface area (Å²) in [6, 6.07) is 10.7. The predicted octanol–water partition coefficient (Wildman–Crippen LogP) is 2.25. The molecular weight excluding hydrogens is 198 g/mol. The van der Waals surface area contributed by atoms with Gasteiger partial charge in [0.15, 0.2) is 0 Å². The van der Waals surface area contributed by atoms with Gasteiger partial charge in [-0.15, -0.1) is 0 Å². The summed E-state index contributed by atoms with van der Waals surface area (Å²) in [7, 11) is 0. The van der Waals surface area contributed by atoms with Crippen LogP contribution in [0.2, 0.25) is 0 Å². The van der Waals surface area contributed by atoms with E-state index in [0.717, 1.165) is 32.7 Å². The lowest BCUT2D eigenvalue weighted by Crippen LogP contribution is -2.36. The normalized spacial score (nSPS) is 24.8. The third-order valence-electron chi connectivity index (χ3n) is 3.36. The van der Waals surface area contributed by atoms with Crippen molar-refractivity contribution < 1.29 is 4.74 Å². The molecular formula is C14H21NO. The summed E-state index contributed by atoms with van der Waals surface area (Å²) in [4.78, 5) is 0. The van der Waals surface area contributed by atoms with Gasteiger partial charge in [-0.2, -0.15) is 0 Å². The van der Waals surface area contributed by atoms with Crippen molar-refractivity contribution in [2.24, 2.45) is 5.41 Å².